The Morgan fingerprint density at radius 1 is 1.09 bits per heavy atom. The number of methoxy groups -OCH3 is 2. The molecule has 0 saturated carbocycles. The summed E-state index contributed by atoms with van der Waals surface area (Å²) in [6.45, 7) is 0.0322. The molecule has 0 radical (unpaired) electrons. The van der Waals surface area contributed by atoms with E-state index < -0.39 is 5.82 Å². The maximum atomic E-state index is 13.1. The number of rotatable bonds is 6. The number of benzene rings is 2. The number of carbonyl (C=O) groups excluding carboxylic acids is 1. The van der Waals surface area contributed by atoms with Crippen molar-refractivity contribution in [3.63, 3.8) is 0 Å². The monoisotopic (exact) mass is 338 g/mol. The highest BCUT2D eigenvalue weighted by molar-refractivity contribution is 6.31. The van der Waals surface area contributed by atoms with E-state index in [1.807, 2.05) is 0 Å². The Morgan fingerprint density at radius 3 is 2.43 bits per heavy atom. The van der Waals surface area contributed by atoms with Gasteiger partial charge in [0.2, 0.25) is 5.91 Å². The van der Waals surface area contributed by atoms with Crippen LogP contribution in [0.5, 0.6) is 11.5 Å². The number of ether oxygens (including phenoxy) is 2. The van der Waals surface area contributed by atoms with Crippen molar-refractivity contribution in [3.05, 3.63) is 47.2 Å². The number of anilines is 2. The molecule has 7 heteroatoms. The van der Waals surface area contributed by atoms with Crippen molar-refractivity contribution in [1.82, 2.24) is 0 Å². The highest BCUT2D eigenvalue weighted by atomic mass is 35.5. The molecule has 0 heterocycles. The molecule has 122 valence electrons. The second-order valence-corrected chi connectivity index (χ2v) is 5.01. The molecule has 2 N–H and O–H groups in total. The van der Waals surface area contributed by atoms with Crippen LogP contribution < -0.4 is 20.1 Å². The lowest BCUT2D eigenvalue weighted by molar-refractivity contribution is -0.114. The largest absolute Gasteiger partial charge is 0.493 e. The number of halogens is 2. The van der Waals surface area contributed by atoms with Crippen molar-refractivity contribution in [1.29, 1.82) is 0 Å². The van der Waals surface area contributed by atoms with Crippen LogP contribution in [0.15, 0.2) is 36.4 Å². The summed E-state index contributed by atoms with van der Waals surface area (Å²) in [6.07, 6.45) is 0. The van der Waals surface area contributed by atoms with Crippen LogP contribution >= 0.6 is 11.6 Å². The summed E-state index contributed by atoms with van der Waals surface area (Å²) >= 11 is 5.66. The predicted molar refractivity (Wildman–Crippen MR) is 88.1 cm³/mol. The standard InChI is InChI=1S/C16H16ClFN2O3/c1-22-14-6-4-10(8-15(14)23-2)19-9-16(21)20-11-3-5-13(18)12(17)7-11/h3-8,19H,9H2,1-2H3,(H,20,21). The maximum absolute atomic E-state index is 13.1. The zero-order valence-electron chi connectivity index (χ0n) is 12.7. The van der Waals surface area contributed by atoms with Crippen LogP contribution in [0.4, 0.5) is 15.8 Å². The molecule has 0 bridgehead atoms. The molecule has 0 aliphatic rings. The van der Waals surface area contributed by atoms with Crippen molar-refractivity contribution < 1.29 is 18.7 Å². The summed E-state index contributed by atoms with van der Waals surface area (Å²) in [5.41, 5.74) is 1.13. The predicted octanol–water partition coefficient (Wildman–Crippen LogP) is 3.55. The molecule has 0 spiro atoms. The quantitative estimate of drug-likeness (QED) is 0.845. The number of hydrogen-bond acceptors (Lipinski definition) is 4. The van der Waals surface area contributed by atoms with E-state index in [1.165, 1.54) is 25.3 Å². The molecule has 5 nitrogen and oxygen atoms in total. The van der Waals surface area contributed by atoms with Gasteiger partial charge in [-0.15, -0.1) is 0 Å². The summed E-state index contributed by atoms with van der Waals surface area (Å²) in [5.74, 6) is 0.335. The van der Waals surface area contributed by atoms with Gasteiger partial charge in [0, 0.05) is 17.4 Å². The van der Waals surface area contributed by atoms with Crippen LogP contribution in [0.2, 0.25) is 5.02 Å². The zero-order chi connectivity index (χ0) is 16.8. The molecule has 0 aliphatic carbocycles. The number of carbonyl (C=O) groups is 1. The molecule has 2 rings (SSSR count). The highest BCUT2D eigenvalue weighted by Gasteiger charge is 2.07. The molecule has 0 unspecified atom stereocenters. The fourth-order valence-electron chi connectivity index (χ4n) is 1.91. The molecule has 0 saturated heterocycles. The summed E-state index contributed by atoms with van der Waals surface area (Å²) in [7, 11) is 3.08. The minimum absolute atomic E-state index is 0.0322. The van der Waals surface area contributed by atoms with Crippen molar-refractivity contribution in [3.8, 4) is 11.5 Å². The summed E-state index contributed by atoms with van der Waals surface area (Å²) < 4.78 is 23.4. The first-order valence-electron chi connectivity index (χ1n) is 6.74. The van der Waals surface area contributed by atoms with Crippen molar-refractivity contribution in [2.24, 2.45) is 0 Å². The lowest BCUT2D eigenvalue weighted by Gasteiger charge is -2.11. The second kappa shape index (κ2) is 7.69. The van der Waals surface area contributed by atoms with Gasteiger partial charge in [-0.2, -0.15) is 0 Å². The molecule has 1 amide bonds. The minimum Gasteiger partial charge on any atom is -0.493 e. The van der Waals surface area contributed by atoms with Gasteiger partial charge in [0.15, 0.2) is 11.5 Å². The average molecular weight is 339 g/mol. The van der Waals surface area contributed by atoms with E-state index in [4.69, 9.17) is 21.1 Å². The summed E-state index contributed by atoms with van der Waals surface area (Å²) in [5, 5.41) is 5.54. The minimum atomic E-state index is -0.534. The molecule has 0 aromatic heterocycles. The van der Waals surface area contributed by atoms with Crippen LogP contribution in [0, 0.1) is 5.82 Å². The lowest BCUT2D eigenvalue weighted by Crippen LogP contribution is -2.21. The topological polar surface area (TPSA) is 59.6 Å². The van der Waals surface area contributed by atoms with E-state index in [0.717, 1.165) is 0 Å². The van der Waals surface area contributed by atoms with Gasteiger partial charge in [-0.1, -0.05) is 11.6 Å². The highest BCUT2D eigenvalue weighted by Crippen LogP contribution is 2.29. The summed E-state index contributed by atoms with van der Waals surface area (Å²) in [4.78, 5) is 11.9. The van der Waals surface area contributed by atoms with E-state index in [0.29, 0.717) is 22.9 Å². The molecule has 2 aromatic carbocycles. The molecule has 0 aliphatic heterocycles. The second-order valence-electron chi connectivity index (χ2n) is 4.60. The third kappa shape index (κ3) is 4.50. The van der Waals surface area contributed by atoms with Crippen LogP contribution in [-0.4, -0.2) is 26.7 Å². The van der Waals surface area contributed by atoms with Crippen molar-refractivity contribution in [2.45, 2.75) is 0 Å². The van der Waals surface area contributed by atoms with Crippen LogP contribution in [0.1, 0.15) is 0 Å². The van der Waals surface area contributed by atoms with Crippen molar-refractivity contribution in [2.75, 3.05) is 31.4 Å². The fourth-order valence-corrected chi connectivity index (χ4v) is 2.09. The normalized spacial score (nSPS) is 10.1. The molecular formula is C16H16ClFN2O3. The maximum Gasteiger partial charge on any atom is 0.243 e. The van der Waals surface area contributed by atoms with Gasteiger partial charge in [-0.05, 0) is 30.3 Å². The smallest absolute Gasteiger partial charge is 0.243 e. The van der Waals surface area contributed by atoms with E-state index in [-0.39, 0.29) is 17.5 Å². The molecular weight excluding hydrogens is 323 g/mol. The first-order valence-corrected chi connectivity index (χ1v) is 7.12. The van der Waals surface area contributed by atoms with Gasteiger partial charge in [0.05, 0.1) is 25.8 Å². The Balaban J connectivity index is 1.95. The van der Waals surface area contributed by atoms with Gasteiger partial charge >= 0.3 is 0 Å². The Bertz CT molecular complexity index is 710. The number of hydrogen-bond donors (Lipinski definition) is 2. The third-order valence-electron chi connectivity index (χ3n) is 3.04. The van der Waals surface area contributed by atoms with Gasteiger partial charge in [-0.25, -0.2) is 4.39 Å². The number of amides is 1. The van der Waals surface area contributed by atoms with Gasteiger partial charge < -0.3 is 20.1 Å². The summed E-state index contributed by atoms with van der Waals surface area (Å²) in [6, 6.07) is 9.21. The van der Waals surface area contributed by atoms with Crippen molar-refractivity contribution >= 4 is 28.9 Å². The Morgan fingerprint density at radius 2 is 1.78 bits per heavy atom. The Labute approximate surface area is 138 Å². The van der Waals surface area contributed by atoms with E-state index in [2.05, 4.69) is 10.6 Å². The molecule has 0 fully saturated rings. The van der Waals surface area contributed by atoms with Crippen LogP contribution in [0.3, 0.4) is 0 Å². The SMILES string of the molecule is COc1ccc(NCC(=O)Nc2ccc(F)c(Cl)c2)cc1OC. The fraction of sp³-hybridized carbons (Fsp3) is 0.188. The van der Waals surface area contributed by atoms with E-state index >= 15 is 0 Å². The number of nitrogens with one attached hydrogen (secondary N) is 2. The van der Waals surface area contributed by atoms with E-state index in [9.17, 15) is 9.18 Å². The van der Waals surface area contributed by atoms with Gasteiger partial charge in [-0.3, -0.25) is 4.79 Å². The molecule has 23 heavy (non-hydrogen) atoms. The Hall–Kier alpha value is -2.47. The molecule has 0 atom stereocenters. The first-order chi connectivity index (χ1) is 11.0. The lowest BCUT2D eigenvalue weighted by atomic mass is 10.2. The Kier molecular flexibility index (Phi) is 5.65. The molecule has 2 aromatic rings. The average Bonchev–Trinajstić information content (AvgIpc) is 2.56. The van der Waals surface area contributed by atoms with Crippen LogP contribution in [0.25, 0.3) is 0 Å². The van der Waals surface area contributed by atoms with Gasteiger partial charge in [0.1, 0.15) is 5.82 Å². The first kappa shape index (κ1) is 16.9. The zero-order valence-corrected chi connectivity index (χ0v) is 13.4. The third-order valence-corrected chi connectivity index (χ3v) is 3.33. The van der Waals surface area contributed by atoms with E-state index in [1.54, 1.807) is 25.3 Å². The van der Waals surface area contributed by atoms with Crippen LogP contribution in [-0.2, 0) is 4.79 Å². The van der Waals surface area contributed by atoms with Gasteiger partial charge in [0.25, 0.3) is 0 Å².